The summed E-state index contributed by atoms with van der Waals surface area (Å²) in [5, 5.41) is 8.14. The van der Waals surface area contributed by atoms with Crippen molar-refractivity contribution in [2.45, 2.75) is 18.8 Å². The molecule has 5 nitrogen and oxygen atoms in total. The number of likely N-dealkylation sites (tertiary alicyclic amines) is 1. The maximum atomic E-state index is 13.9. The van der Waals surface area contributed by atoms with Crippen LogP contribution in [0.3, 0.4) is 0 Å². The van der Waals surface area contributed by atoms with Gasteiger partial charge in [0.05, 0.1) is 10.6 Å². The van der Waals surface area contributed by atoms with Gasteiger partial charge in [-0.3, -0.25) is 4.79 Å². The second-order valence-electron chi connectivity index (χ2n) is 5.49. The van der Waals surface area contributed by atoms with E-state index in [0.717, 1.165) is 18.7 Å². The number of aromatic nitrogens is 3. The predicted octanol–water partition coefficient (Wildman–Crippen LogP) is 2.63. The molecule has 0 radical (unpaired) electrons. The second-order valence-corrected chi connectivity index (χ2v) is 5.89. The summed E-state index contributed by atoms with van der Waals surface area (Å²) in [5.74, 6) is 0.00105. The lowest BCUT2D eigenvalue weighted by Crippen LogP contribution is -2.40. The second kappa shape index (κ2) is 6.04. The summed E-state index contributed by atoms with van der Waals surface area (Å²) < 4.78 is 15.8. The third-order valence-corrected chi connectivity index (χ3v) is 4.31. The van der Waals surface area contributed by atoms with Crippen molar-refractivity contribution < 1.29 is 9.18 Å². The van der Waals surface area contributed by atoms with Crippen LogP contribution in [-0.2, 0) is 7.05 Å². The highest BCUT2D eigenvalue weighted by Crippen LogP contribution is 2.28. The number of aryl methyl sites for hydroxylation is 1. The number of benzene rings is 1. The Balaban J connectivity index is 1.83. The highest BCUT2D eigenvalue weighted by atomic mass is 35.5. The monoisotopic (exact) mass is 322 g/mol. The Morgan fingerprint density at radius 2 is 2.27 bits per heavy atom. The molecule has 0 spiro atoms. The number of piperidine rings is 1. The van der Waals surface area contributed by atoms with Crippen molar-refractivity contribution in [3.05, 3.63) is 46.8 Å². The number of hydrogen-bond donors (Lipinski definition) is 0. The lowest BCUT2D eigenvalue weighted by molar-refractivity contribution is 0.0699. The first kappa shape index (κ1) is 15.0. The molecular weight excluding hydrogens is 307 g/mol. The van der Waals surface area contributed by atoms with Crippen molar-refractivity contribution >= 4 is 17.5 Å². The van der Waals surface area contributed by atoms with Crippen molar-refractivity contribution in [2.24, 2.45) is 7.05 Å². The maximum absolute atomic E-state index is 13.9. The van der Waals surface area contributed by atoms with Gasteiger partial charge in [0.1, 0.15) is 18.0 Å². The average Bonchev–Trinajstić information content (AvgIpc) is 2.93. The van der Waals surface area contributed by atoms with E-state index >= 15 is 0 Å². The van der Waals surface area contributed by atoms with Gasteiger partial charge in [0.15, 0.2) is 0 Å². The largest absolute Gasteiger partial charge is 0.338 e. The number of hydrogen-bond acceptors (Lipinski definition) is 3. The molecule has 1 aliphatic heterocycles. The first-order valence-electron chi connectivity index (χ1n) is 7.15. The van der Waals surface area contributed by atoms with Crippen molar-refractivity contribution in [2.75, 3.05) is 13.1 Å². The highest BCUT2D eigenvalue weighted by molar-refractivity contribution is 6.33. The van der Waals surface area contributed by atoms with E-state index in [9.17, 15) is 9.18 Å². The molecule has 1 saturated heterocycles. The molecule has 2 aromatic rings. The smallest absolute Gasteiger partial charge is 0.258 e. The van der Waals surface area contributed by atoms with Gasteiger partial charge in [0, 0.05) is 26.1 Å². The molecule has 0 aliphatic carbocycles. The van der Waals surface area contributed by atoms with E-state index in [2.05, 4.69) is 10.2 Å². The summed E-state index contributed by atoms with van der Waals surface area (Å²) in [6, 6.07) is 4.28. The molecule has 0 bridgehead atoms. The first-order chi connectivity index (χ1) is 10.6. The van der Waals surface area contributed by atoms with Gasteiger partial charge in [-0.1, -0.05) is 17.7 Å². The molecule has 0 saturated carbocycles. The minimum atomic E-state index is -0.585. The molecule has 0 N–H and O–H groups in total. The fourth-order valence-electron chi connectivity index (χ4n) is 2.89. The van der Waals surface area contributed by atoms with E-state index in [4.69, 9.17) is 11.6 Å². The summed E-state index contributed by atoms with van der Waals surface area (Å²) in [7, 11) is 1.88. The zero-order valence-corrected chi connectivity index (χ0v) is 12.9. The summed E-state index contributed by atoms with van der Waals surface area (Å²) in [6.45, 7) is 1.09. The molecule has 1 fully saturated rings. The minimum absolute atomic E-state index is 0.0530. The molecule has 1 aromatic carbocycles. The molecule has 3 rings (SSSR count). The zero-order chi connectivity index (χ0) is 15.7. The number of halogens is 2. The topological polar surface area (TPSA) is 51.0 Å². The SMILES string of the molecule is Cn1cnnc1C1CCCN(C(=O)c2c(F)cccc2Cl)C1. The third-order valence-electron chi connectivity index (χ3n) is 4.00. The standard InChI is InChI=1S/C15H16ClFN4O/c1-20-9-18-19-14(20)10-4-3-7-21(8-10)15(22)13-11(16)5-2-6-12(13)17/h2,5-6,9-10H,3-4,7-8H2,1H3. The van der Waals surface area contributed by atoms with Crippen LogP contribution in [0.4, 0.5) is 4.39 Å². The van der Waals surface area contributed by atoms with Gasteiger partial charge in [-0.25, -0.2) is 4.39 Å². The van der Waals surface area contributed by atoms with Crippen molar-refractivity contribution in [1.82, 2.24) is 19.7 Å². The van der Waals surface area contributed by atoms with Gasteiger partial charge >= 0.3 is 0 Å². The van der Waals surface area contributed by atoms with E-state index in [1.165, 1.54) is 18.2 Å². The van der Waals surface area contributed by atoms with E-state index in [0.29, 0.717) is 13.1 Å². The van der Waals surface area contributed by atoms with Crippen LogP contribution in [0.5, 0.6) is 0 Å². The normalized spacial score (nSPS) is 18.5. The molecule has 22 heavy (non-hydrogen) atoms. The molecule has 1 unspecified atom stereocenters. The molecule has 116 valence electrons. The van der Waals surface area contributed by atoms with Gasteiger partial charge < -0.3 is 9.47 Å². The van der Waals surface area contributed by atoms with Gasteiger partial charge in [-0.2, -0.15) is 0 Å². The Kier molecular flexibility index (Phi) is 4.11. The Morgan fingerprint density at radius 1 is 1.45 bits per heavy atom. The molecule has 1 aliphatic rings. The number of carbonyl (C=O) groups is 1. The molecule has 2 heterocycles. The van der Waals surface area contributed by atoms with Crippen LogP contribution in [0.2, 0.25) is 5.02 Å². The maximum Gasteiger partial charge on any atom is 0.258 e. The summed E-state index contributed by atoms with van der Waals surface area (Å²) >= 11 is 5.99. The average molecular weight is 323 g/mol. The minimum Gasteiger partial charge on any atom is -0.338 e. The Hall–Kier alpha value is -1.95. The van der Waals surface area contributed by atoms with Gasteiger partial charge in [0.25, 0.3) is 5.91 Å². The molecule has 1 aromatic heterocycles. The van der Waals surface area contributed by atoms with Crippen molar-refractivity contribution in [1.29, 1.82) is 0 Å². The number of carbonyl (C=O) groups excluding carboxylic acids is 1. The summed E-state index contributed by atoms with van der Waals surface area (Å²) in [4.78, 5) is 14.2. The van der Waals surface area contributed by atoms with E-state index in [-0.39, 0.29) is 22.4 Å². The van der Waals surface area contributed by atoms with Crippen LogP contribution in [-0.4, -0.2) is 38.7 Å². The Labute approximate surface area is 132 Å². The lowest BCUT2D eigenvalue weighted by atomic mass is 9.96. The predicted molar refractivity (Wildman–Crippen MR) is 80.3 cm³/mol. The van der Waals surface area contributed by atoms with E-state index in [1.807, 2.05) is 11.6 Å². The van der Waals surface area contributed by atoms with Gasteiger partial charge in [-0.05, 0) is 25.0 Å². The van der Waals surface area contributed by atoms with Gasteiger partial charge in [-0.15, -0.1) is 10.2 Å². The van der Waals surface area contributed by atoms with Crippen LogP contribution in [0, 0.1) is 5.82 Å². The molecular formula is C15H16ClFN4O. The van der Waals surface area contributed by atoms with Crippen LogP contribution >= 0.6 is 11.6 Å². The summed E-state index contributed by atoms with van der Waals surface area (Å²) in [5.41, 5.74) is -0.0530. The van der Waals surface area contributed by atoms with E-state index < -0.39 is 5.82 Å². The molecule has 1 amide bonds. The third kappa shape index (κ3) is 2.70. The van der Waals surface area contributed by atoms with Gasteiger partial charge in [0.2, 0.25) is 0 Å². The van der Waals surface area contributed by atoms with Crippen LogP contribution in [0.15, 0.2) is 24.5 Å². The highest BCUT2D eigenvalue weighted by Gasteiger charge is 2.30. The Bertz CT molecular complexity index is 682. The molecule has 1 atom stereocenters. The lowest BCUT2D eigenvalue weighted by Gasteiger charge is -2.32. The first-order valence-corrected chi connectivity index (χ1v) is 7.53. The van der Waals surface area contributed by atoms with Crippen LogP contribution < -0.4 is 0 Å². The van der Waals surface area contributed by atoms with Crippen LogP contribution in [0.25, 0.3) is 0 Å². The van der Waals surface area contributed by atoms with Crippen LogP contribution in [0.1, 0.15) is 34.9 Å². The van der Waals surface area contributed by atoms with Crippen molar-refractivity contribution in [3.63, 3.8) is 0 Å². The fraction of sp³-hybridized carbons (Fsp3) is 0.400. The van der Waals surface area contributed by atoms with Crippen molar-refractivity contribution in [3.8, 4) is 0 Å². The molecule has 7 heteroatoms. The fourth-order valence-corrected chi connectivity index (χ4v) is 3.14. The number of rotatable bonds is 2. The zero-order valence-electron chi connectivity index (χ0n) is 12.2. The summed E-state index contributed by atoms with van der Waals surface area (Å²) in [6.07, 6.45) is 3.42. The van der Waals surface area contributed by atoms with E-state index in [1.54, 1.807) is 11.2 Å². The number of amides is 1. The quantitative estimate of drug-likeness (QED) is 0.854. The number of nitrogens with zero attached hydrogens (tertiary/aromatic N) is 4. The Morgan fingerprint density at radius 3 is 2.95 bits per heavy atom.